The van der Waals surface area contributed by atoms with Gasteiger partial charge in [0.15, 0.2) is 0 Å². The summed E-state index contributed by atoms with van der Waals surface area (Å²) in [4.78, 5) is 11.5. The van der Waals surface area contributed by atoms with Crippen LogP contribution in [0.3, 0.4) is 0 Å². The fourth-order valence-electron chi connectivity index (χ4n) is 1.33. The Balaban J connectivity index is 2.46. The van der Waals surface area contributed by atoms with Gasteiger partial charge in [-0.05, 0) is 45.4 Å². The molecule has 0 aliphatic carbocycles. The number of benzene rings is 1. The van der Waals surface area contributed by atoms with E-state index in [2.05, 4.69) is 26.8 Å². The van der Waals surface area contributed by atoms with Gasteiger partial charge in [-0.2, -0.15) is 0 Å². The Morgan fingerprint density at radius 3 is 2.61 bits per heavy atom. The Morgan fingerprint density at radius 1 is 1.39 bits per heavy atom. The van der Waals surface area contributed by atoms with Crippen LogP contribution < -0.4 is 10.9 Å². The van der Waals surface area contributed by atoms with Crippen LogP contribution in [0.25, 0.3) is 0 Å². The monoisotopic (exact) mass is 314 g/mol. The average molecular weight is 315 g/mol. The smallest absolute Gasteiger partial charge is 0.422 e. The molecule has 4 nitrogen and oxygen atoms in total. The van der Waals surface area contributed by atoms with Crippen molar-refractivity contribution < 1.29 is 9.53 Å². The van der Waals surface area contributed by atoms with E-state index in [1.165, 1.54) is 0 Å². The highest BCUT2D eigenvalue weighted by molar-refractivity contribution is 9.10. The SMILES string of the molecule is CC(NNC(=O)OC(C)(C)C)c1cccc(Br)c1. The molecule has 0 spiro atoms. The molecule has 1 unspecified atom stereocenters. The van der Waals surface area contributed by atoms with Gasteiger partial charge in [-0.3, -0.25) is 5.43 Å². The first-order valence-corrected chi connectivity index (χ1v) is 6.57. The lowest BCUT2D eigenvalue weighted by Crippen LogP contribution is -2.42. The number of rotatable bonds is 3. The first-order chi connectivity index (χ1) is 8.28. The minimum Gasteiger partial charge on any atom is -0.443 e. The molecule has 18 heavy (non-hydrogen) atoms. The molecule has 100 valence electrons. The van der Waals surface area contributed by atoms with Crippen LogP contribution >= 0.6 is 15.9 Å². The second kappa shape index (κ2) is 6.20. The fraction of sp³-hybridized carbons (Fsp3) is 0.462. The molecule has 0 saturated carbocycles. The van der Waals surface area contributed by atoms with E-state index in [1.807, 2.05) is 52.0 Å². The fourth-order valence-corrected chi connectivity index (χ4v) is 1.75. The van der Waals surface area contributed by atoms with Crippen molar-refractivity contribution in [1.29, 1.82) is 0 Å². The average Bonchev–Trinajstić information content (AvgIpc) is 2.23. The zero-order valence-electron chi connectivity index (χ0n) is 11.1. The lowest BCUT2D eigenvalue weighted by Gasteiger charge is -2.21. The van der Waals surface area contributed by atoms with Crippen molar-refractivity contribution in [2.45, 2.75) is 39.3 Å². The number of hydrogen-bond donors (Lipinski definition) is 2. The molecule has 1 aromatic carbocycles. The minimum atomic E-state index is -0.495. The summed E-state index contributed by atoms with van der Waals surface area (Å²) in [6.45, 7) is 7.43. The Morgan fingerprint density at radius 2 is 2.06 bits per heavy atom. The molecule has 5 heteroatoms. The van der Waals surface area contributed by atoms with Crippen molar-refractivity contribution >= 4 is 22.0 Å². The highest BCUT2D eigenvalue weighted by Crippen LogP contribution is 2.17. The summed E-state index contributed by atoms with van der Waals surface area (Å²) in [5.74, 6) is 0. The lowest BCUT2D eigenvalue weighted by molar-refractivity contribution is 0.0489. The molecule has 1 rings (SSSR count). The van der Waals surface area contributed by atoms with Crippen LogP contribution in [-0.2, 0) is 4.74 Å². The maximum absolute atomic E-state index is 11.5. The predicted octanol–water partition coefficient (Wildman–Crippen LogP) is 3.54. The molecule has 0 heterocycles. The van der Waals surface area contributed by atoms with Gasteiger partial charge in [0.2, 0.25) is 0 Å². The summed E-state index contributed by atoms with van der Waals surface area (Å²) < 4.78 is 6.13. The van der Waals surface area contributed by atoms with E-state index >= 15 is 0 Å². The number of hydrazine groups is 1. The molecular weight excluding hydrogens is 296 g/mol. The van der Waals surface area contributed by atoms with Crippen LogP contribution in [0.1, 0.15) is 39.3 Å². The Labute approximate surface area is 116 Å². The summed E-state index contributed by atoms with van der Waals surface area (Å²) in [5, 5.41) is 0. The van der Waals surface area contributed by atoms with Gasteiger partial charge >= 0.3 is 6.09 Å². The molecule has 0 aliphatic heterocycles. The van der Waals surface area contributed by atoms with Crippen LogP contribution in [0.15, 0.2) is 28.7 Å². The highest BCUT2D eigenvalue weighted by Gasteiger charge is 2.16. The molecule has 0 aromatic heterocycles. The third kappa shape index (κ3) is 5.51. The molecule has 2 N–H and O–H groups in total. The van der Waals surface area contributed by atoms with E-state index in [-0.39, 0.29) is 6.04 Å². The normalized spacial score (nSPS) is 12.9. The van der Waals surface area contributed by atoms with Gasteiger partial charge in [-0.25, -0.2) is 10.2 Å². The number of halogens is 1. The topological polar surface area (TPSA) is 50.4 Å². The van der Waals surface area contributed by atoms with Gasteiger partial charge in [-0.1, -0.05) is 28.1 Å². The highest BCUT2D eigenvalue weighted by atomic mass is 79.9. The molecule has 1 amide bonds. The van der Waals surface area contributed by atoms with Crippen LogP contribution in [0.5, 0.6) is 0 Å². The molecule has 1 aromatic rings. The second-order valence-corrected chi connectivity index (χ2v) is 5.96. The molecule has 0 saturated heterocycles. The first kappa shape index (κ1) is 15.0. The number of ether oxygens (including phenoxy) is 1. The van der Waals surface area contributed by atoms with E-state index < -0.39 is 11.7 Å². The van der Waals surface area contributed by atoms with Gasteiger partial charge in [0, 0.05) is 10.5 Å². The quantitative estimate of drug-likeness (QED) is 0.839. The molecule has 1 atom stereocenters. The van der Waals surface area contributed by atoms with Crippen molar-refractivity contribution in [2.24, 2.45) is 0 Å². The van der Waals surface area contributed by atoms with Crippen LogP contribution in [-0.4, -0.2) is 11.7 Å². The van der Waals surface area contributed by atoms with Crippen molar-refractivity contribution in [1.82, 2.24) is 10.9 Å². The van der Waals surface area contributed by atoms with Crippen LogP contribution in [0.2, 0.25) is 0 Å². The zero-order chi connectivity index (χ0) is 13.8. The van der Waals surface area contributed by atoms with E-state index in [4.69, 9.17) is 4.74 Å². The largest absolute Gasteiger partial charge is 0.443 e. The molecule has 0 radical (unpaired) electrons. The standard InChI is InChI=1S/C13H19BrN2O2/c1-9(10-6-5-7-11(14)8-10)15-16-12(17)18-13(2,3)4/h5-9,15H,1-4H3,(H,16,17). The number of amides is 1. The summed E-state index contributed by atoms with van der Waals surface area (Å²) in [5.41, 5.74) is 6.01. The number of hydrogen-bond acceptors (Lipinski definition) is 3. The Hall–Kier alpha value is -1.07. The molecule has 0 bridgehead atoms. The maximum Gasteiger partial charge on any atom is 0.422 e. The molecular formula is C13H19BrN2O2. The second-order valence-electron chi connectivity index (χ2n) is 5.05. The number of carbonyl (C=O) groups excluding carboxylic acids is 1. The molecule has 0 fully saturated rings. The van der Waals surface area contributed by atoms with Gasteiger partial charge in [-0.15, -0.1) is 0 Å². The Kier molecular flexibility index (Phi) is 5.16. The third-order valence-electron chi connectivity index (χ3n) is 2.14. The van der Waals surface area contributed by atoms with Crippen molar-refractivity contribution in [2.75, 3.05) is 0 Å². The van der Waals surface area contributed by atoms with Gasteiger partial charge in [0.05, 0.1) is 0 Å². The summed E-state index contributed by atoms with van der Waals surface area (Å²) >= 11 is 3.41. The van der Waals surface area contributed by atoms with Crippen molar-refractivity contribution in [3.63, 3.8) is 0 Å². The first-order valence-electron chi connectivity index (χ1n) is 5.78. The number of nitrogens with one attached hydrogen (secondary N) is 2. The van der Waals surface area contributed by atoms with E-state index in [0.29, 0.717) is 0 Å². The van der Waals surface area contributed by atoms with E-state index in [1.54, 1.807) is 0 Å². The van der Waals surface area contributed by atoms with Crippen molar-refractivity contribution in [3.05, 3.63) is 34.3 Å². The van der Waals surface area contributed by atoms with Crippen molar-refractivity contribution in [3.8, 4) is 0 Å². The Bertz CT molecular complexity index is 416. The van der Waals surface area contributed by atoms with Gasteiger partial charge in [0.1, 0.15) is 5.60 Å². The lowest BCUT2D eigenvalue weighted by atomic mass is 10.1. The van der Waals surface area contributed by atoms with Crippen LogP contribution in [0, 0.1) is 0 Å². The van der Waals surface area contributed by atoms with Gasteiger partial charge < -0.3 is 4.74 Å². The van der Waals surface area contributed by atoms with Gasteiger partial charge in [0.25, 0.3) is 0 Å². The number of carbonyl (C=O) groups is 1. The van der Waals surface area contributed by atoms with E-state index in [9.17, 15) is 4.79 Å². The summed E-state index contributed by atoms with van der Waals surface area (Å²) in [6.07, 6.45) is -0.482. The van der Waals surface area contributed by atoms with E-state index in [0.717, 1.165) is 10.0 Å². The predicted molar refractivity (Wildman–Crippen MR) is 75.1 cm³/mol. The third-order valence-corrected chi connectivity index (χ3v) is 2.63. The zero-order valence-corrected chi connectivity index (χ0v) is 12.7. The van der Waals surface area contributed by atoms with Crippen LogP contribution in [0.4, 0.5) is 4.79 Å². The maximum atomic E-state index is 11.5. The molecule has 0 aliphatic rings. The summed E-state index contributed by atoms with van der Waals surface area (Å²) in [7, 11) is 0. The minimum absolute atomic E-state index is 0.00461. The summed E-state index contributed by atoms with van der Waals surface area (Å²) in [6, 6.07) is 7.88.